The maximum atomic E-state index is 15.2. The third-order valence-electron chi connectivity index (χ3n) is 21.2. The van der Waals surface area contributed by atoms with Crippen molar-refractivity contribution in [1.29, 1.82) is 0 Å². The number of rotatable bonds is 35. The third-order valence-corrected chi connectivity index (χ3v) is 22.0. The Kier molecular flexibility index (Phi) is 32.2. The van der Waals surface area contributed by atoms with Crippen molar-refractivity contribution < 1.29 is 104 Å². The van der Waals surface area contributed by atoms with Crippen LogP contribution in [-0.4, -0.2) is 159 Å². The molecule has 0 aromatic heterocycles. The molecule has 27 nitrogen and oxygen atoms in total. The molecule has 4 aliphatic rings. The van der Waals surface area contributed by atoms with E-state index in [4.69, 9.17) is 104 Å². The Bertz CT molecular complexity index is 5180. The molecule has 127 heavy (non-hydrogen) atoms. The van der Waals surface area contributed by atoms with Crippen LogP contribution in [-0.2, 0) is 85.1 Å². The van der Waals surface area contributed by atoms with Crippen LogP contribution in [0.4, 0.5) is 24.0 Å². The summed E-state index contributed by atoms with van der Waals surface area (Å²) in [5.41, 5.74) is 3.55. The molecule has 11 aromatic carbocycles. The van der Waals surface area contributed by atoms with E-state index >= 15 is 9.59 Å². The topological polar surface area (TPSA) is 302 Å². The number of halogens is 2. The van der Waals surface area contributed by atoms with Crippen LogP contribution in [0.3, 0.4) is 0 Å². The molecule has 3 heterocycles. The normalized spacial score (nSPS) is 24.9. The summed E-state index contributed by atoms with van der Waals surface area (Å²) in [6.45, 7) is -0.827. The number of ether oxygens (including phenoxy) is 17. The summed E-state index contributed by atoms with van der Waals surface area (Å²) in [7, 11) is 0. The van der Waals surface area contributed by atoms with Gasteiger partial charge >= 0.3 is 30.5 Å². The second-order valence-electron chi connectivity index (χ2n) is 30.1. The van der Waals surface area contributed by atoms with Crippen LogP contribution in [0.5, 0.6) is 34.5 Å². The van der Waals surface area contributed by atoms with Gasteiger partial charge in [0.25, 0.3) is 0 Å². The molecule has 1 saturated carbocycles. The minimum Gasteiger partial charge on any atom is -0.462 e. The Morgan fingerprint density at radius 3 is 0.976 bits per heavy atom. The van der Waals surface area contributed by atoms with E-state index in [1.54, 1.807) is 182 Å². The highest BCUT2D eigenvalue weighted by Gasteiger charge is 2.60. The molecule has 3 saturated heterocycles. The van der Waals surface area contributed by atoms with Gasteiger partial charge in [0.15, 0.2) is 25.0 Å². The number of carbonyl (C=O) groups is 5. The Labute approximate surface area is 744 Å². The predicted octanol–water partition coefficient (Wildman–Crippen LogP) is 15.9. The van der Waals surface area contributed by atoms with Gasteiger partial charge in [0, 0.05) is 6.54 Å². The van der Waals surface area contributed by atoms with E-state index in [1.165, 1.54) is 0 Å². The first-order valence-electron chi connectivity index (χ1n) is 41.6. The number of hydrogen-bond donors (Lipinski definition) is 5. The fourth-order valence-electron chi connectivity index (χ4n) is 15.2. The zero-order valence-electron chi connectivity index (χ0n) is 68.6. The third kappa shape index (κ3) is 25.5. The Morgan fingerprint density at radius 2 is 0.583 bits per heavy atom. The molecule has 29 heteroatoms. The lowest BCUT2D eigenvalue weighted by Gasteiger charge is -2.50. The SMILES string of the molecule is O=C(NC[C@@H]1O[C@H](O[C@@H]2[C@@H](Oc3ccccc3)O[C@@H](O[C@@H]3[C@@H](OCc4ccccc4)[C@H](NC(=O)Oc4ccccc4)C[C@H](NC(=O)Oc4ccccc4)[C@H]3O[C@H]3O[C@H](CCl)[C@@H](Cl)[C@H](OCc4ccccc4)[C@H]3NC(=O)Oc3ccccc3)[C@@H]2OCc2ccccc2)[C@H](NC(=O)Oc2ccccc2)[C@@H](OCc2ccccc2)[C@@H]1OCc1ccccc1)Oc1ccccc1. The molecule has 658 valence electrons. The van der Waals surface area contributed by atoms with Crippen LogP contribution in [0.1, 0.15) is 34.2 Å². The van der Waals surface area contributed by atoms with Crippen molar-refractivity contribution in [1.82, 2.24) is 26.6 Å². The van der Waals surface area contributed by atoms with Gasteiger partial charge in [-0.25, -0.2) is 24.0 Å². The largest absolute Gasteiger partial charge is 0.462 e. The average Bonchev–Trinajstić information content (AvgIpc) is 1.74. The predicted molar refractivity (Wildman–Crippen MR) is 466 cm³/mol. The van der Waals surface area contributed by atoms with Gasteiger partial charge in [-0.15, -0.1) is 23.2 Å². The molecular formula is C98H95Cl2N5O22. The fraction of sp³-hybridized carbons (Fsp3) is 0.276. The molecule has 0 radical (unpaired) electrons. The molecular weight excluding hydrogens is 1670 g/mol. The van der Waals surface area contributed by atoms with Crippen LogP contribution in [0.15, 0.2) is 334 Å². The maximum absolute atomic E-state index is 15.2. The molecule has 0 bridgehead atoms. The van der Waals surface area contributed by atoms with Crippen LogP contribution < -0.4 is 55.0 Å². The zero-order valence-corrected chi connectivity index (χ0v) is 70.1. The van der Waals surface area contributed by atoms with Crippen molar-refractivity contribution in [3.05, 3.63) is 361 Å². The summed E-state index contributed by atoms with van der Waals surface area (Å²) in [4.78, 5) is 74.2. The number of carbonyl (C=O) groups excluding carboxylic acids is 5. The van der Waals surface area contributed by atoms with Gasteiger partial charge in [0.1, 0.15) is 95.4 Å². The fourth-order valence-corrected chi connectivity index (χ4v) is 15.9. The molecule has 19 atom stereocenters. The lowest BCUT2D eigenvalue weighted by atomic mass is 9.83. The van der Waals surface area contributed by atoms with E-state index in [0.717, 1.165) is 16.7 Å². The first-order valence-corrected chi connectivity index (χ1v) is 42.6. The van der Waals surface area contributed by atoms with Gasteiger partial charge in [0.05, 0.1) is 62.5 Å². The molecule has 3 aliphatic heterocycles. The summed E-state index contributed by atoms with van der Waals surface area (Å²) in [6.07, 6.45) is -25.8. The highest BCUT2D eigenvalue weighted by Crippen LogP contribution is 2.41. The van der Waals surface area contributed by atoms with Crippen molar-refractivity contribution in [2.75, 3.05) is 12.4 Å². The first-order chi connectivity index (χ1) is 62.3. The molecule has 4 fully saturated rings. The van der Waals surface area contributed by atoms with Crippen molar-refractivity contribution in [2.24, 2.45) is 0 Å². The van der Waals surface area contributed by atoms with Crippen molar-refractivity contribution >= 4 is 53.7 Å². The molecule has 5 N–H and O–H groups in total. The number of nitrogens with one attached hydrogen (secondary N) is 5. The van der Waals surface area contributed by atoms with Crippen LogP contribution in [0.25, 0.3) is 0 Å². The first kappa shape index (κ1) is 89.5. The number of hydrogen-bond acceptors (Lipinski definition) is 22. The minimum absolute atomic E-state index is 0.0271. The monoisotopic (exact) mass is 1760 g/mol. The summed E-state index contributed by atoms with van der Waals surface area (Å²) in [5.74, 6) is 0.948. The van der Waals surface area contributed by atoms with Crippen LogP contribution in [0.2, 0.25) is 0 Å². The second-order valence-corrected chi connectivity index (χ2v) is 30.9. The summed E-state index contributed by atoms with van der Waals surface area (Å²) in [6, 6.07) is 91.5. The molecule has 0 unspecified atom stereocenters. The lowest BCUT2D eigenvalue weighted by Crippen LogP contribution is -2.70. The Morgan fingerprint density at radius 1 is 0.283 bits per heavy atom. The van der Waals surface area contributed by atoms with Crippen molar-refractivity contribution in [2.45, 2.75) is 155 Å². The van der Waals surface area contributed by atoms with E-state index in [0.29, 0.717) is 11.1 Å². The number of alkyl halides is 2. The minimum atomic E-state index is -1.78. The summed E-state index contributed by atoms with van der Waals surface area (Å²) in [5, 5.41) is 14.0. The van der Waals surface area contributed by atoms with E-state index in [-0.39, 0.29) is 86.4 Å². The number of para-hydroxylation sites is 6. The van der Waals surface area contributed by atoms with E-state index < -0.39 is 146 Å². The summed E-state index contributed by atoms with van der Waals surface area (Å²) >= 11 is 14.4. The molecule has 0 spiro atoms. The summed E-state index contributed by atoms with van der Waals surface area (Å²) < 4.78 is 117. The zero-order chi connectivity index (χ0) is 87.3. The van der Waals surface area contributed by atoms with Crippen molar-refractivity contribution in [3.8, 4) is 34.5 Å². The maximum Gasteiger partial charge on any atom is 0.413 e. The van der Waals surface area contributed by atoms with E-state index in [1.807, 2.05) is 152 Å². The Hall–Kier alpha value is -12.3. The lowest BCUT2D eigenvalue weighted by molar-refractivity contribution is -0.307. The standard InChI is InChI=1S/C98H95Cl2N5O22/c99-57-77-79(100)85(113-61-66-38-16-3-17-39-66)80(104-97(109)120-73-52-30-10-31-53-73)90(122-77)124-83-76(103-96(108)119-72-50-28-9-29-51-72)56-75(102-95(107)118-71-48-26-8-27-49-71)82(111-59-64-34-12-1-13-35-64)87(83)125-92-88(115-63-68-42-20-5-21-43-68)89(93(127-92)116-69-44-22-6-23-45-69)126-91-81(105-98(110)121-74-54-32-11-33-55-74)86(114-62-67-40-18-4-19-41-67)84(112-60-65-36-14-2-15-37-65)78(123-91)58-101-94(106)117-70-46-24-7-25-47-70/h1-55,75-93H,56-63H2,(H,101,106)(H,102,107)(H,103,108)(H,104,109)(H,105,110)/t75-,76+,77-,78+,79-,80-,81-,82+,83-,84-,85+,86-,87-,88-,89+,90-,91-,92-,93+/m1/s1. The highest BCUT2D eigenvalue weighted by molar-refractivity contribution is 6.23. The van der Waals surface area contributed by atoms with Gasteiger partial charge in [-0.2, -0.15) is 0 Å². The molecule has 15 rings (SSSR count). The molecule has 1 aliphatic carbocycles. The van der Waals surface area contributed by atoms with Gasteiger partial charge in [0.2, 0.25) is 6.29 Å². The highest BCUT2D eigenvalue weighted by atomic mass is 35.5. The van der Waals surface area contributed by atoms with E-state index in [9.17, 15) is 14.4 Å². The smallest absolute Gasteiger partial charge is 0.413 e. The quantitative estimate of drug-likeness (QED) is 0.0231. The molecule has 11 aromatic rings. The van der Waals surface area contributed by atoms with Gasteiger partial charge in [-0.3, -0.25) is 0 Å². The van der Waals surface area contributed by atoms with E-state index in [2.05, 4.69) is 26.6 Å². The van der Waals surface area contributed by atoms with Crippen molar-refractivity contribution in [3.63, 3.8) is 0 Å². The average molecular weight is 1770 g/mol. The van der Waals surface area contributed by atoms with Gasteiger partial charge in [-0.1, -0.05) is 261 Å². The van der Waals surface area contributed by atoms with Gasteiger partial charge < -0.3 is 107 Å². The van der Waals surface area contributed by atoms with Crippen LogP contribution in [0, 0.1) is 0 Å². The second kappa shape index (κ2) is 45.7. The number of amides is 5. The number of benzene rings is 11. The van der Waals surface area contributed by atoms with Gasteiger partial charge in [-0.05, 0) is 107 Å². The molecule has 5 amide bonds. The Balaban J connectivity index is 0.889. The van der Waals surface area contributed by atoms with Crippen LogP contribution >= 0.6 is 23.2 Å².